The maximum absolute atomic E-state index is 12.0. The van der Waals surface area contributed by atoms with Crippen LogP contribution in [0.1, 0.15) is 23.7 Å². The summed E-state index contributed by atoms with van der Waals surface area (Å²) < 4.78 is 38.7. The van der Waals surface area contributed by atoms with Gasteiger partial charge in [0.1, 0.15) is 10.1 Å². The second kappa shape index (κ2) is 7.43. The van der Waals surface area contributed by atoms with Crippen LogP contribution in [0.5, 0.6) is 0 Å². The zero-order valence-corrected chi connectivity index (χ0v) is 14.0. The van der Waals surface area contributed by atoms with E-state index in [1.54, 1.807) is 0 Å². The summed E-state index contributed by atoms with van der Waals surface area (Å²) in [6.45, 7) is 5.74. The van der Waals surface area contributed by atoms with E-state index in [0.717, 1.165) is 18.5 Å². The summed E-state index contributed by atoms with van der Waals surface area (Å²) in [6.07, 6.45) is 0.883. The Morgan fingerprint density at radius 1 is 1.30 bits per heavy atom. The molecule has 0 aliphatic heterocycles. The molecule has 0 heterocycles. The van der Waals surface area contributed by atoms with Crippen molar-refractivity contribution in [1.82, 2.24) is 0 Å². The Morgan fingerprint density at radius 2 is 1.85 bits per heavy atom. The average Bonchev–Trinajstić information content (AvgIpc) is 2.27. The predicted octanol–water partition coefficient (Wildman–Crippen LogP) is -0.633. The normalized spacial score (nSPS) is 11.6. The third-order valence-electron chi connectivity index (χ3n) is 2.60. The van der Waals surface area contributed by atoms with Gasteiger partial charge in [-0.3, -0.25) is 0 Å². The fraction of sp³-hybridized carbons (Fsp3) is 0.417. The summed E-state index contributed by atoms with van der Waals surface area (Å²) in [5.74, 6) is -0.736. The third-order valence-corrected chi connectivity index (χ3v) is 5.93. The van der Waals surface area contributed by atoms with Crippen LogP contribution in [0.25, 0.3) is 0 Å². The summed E-state index contributed by atoms with van der Waals surface area (Å²) in [7, 11) is -6.86. The van der Waals surface area contributed by atoms with Gasteiger partial charge in [0.25, 0.3) is 0 Å². The second-order valence-corrected chi connectivity index (χ2v) is 10.4. The van der Waals surface area contributed by atoms with Crippen molar-refractivity contribution in [2.45, 2.75) is 37.4 Å². The van der Waals surface area contributed by atoms with E-state index >= 15 is 0 Å². The molecule has 0 spiro atoms. The first-order valence-corrected chi connectivity index (χ1v) is 10.5. The van der Waals surface area contributed by atoms with Gasteiger partial charge >= 0.3 is 24.8 Å². The molecule has 0 atom stereocenters. The minimum absolute atomic E-state index is 0. The number of carbonyl (C=O) groups is 1. The maximum atomic E-state index is 12.0. The summed E-state index contributed by atoms with van der Waals surface area (Å²) in [5, 5.41) is 0. The largest absolute Gasteiger partial charge is 1.00 e. The summed E-state index contributed by atoms with van der Waals surface area (Å²) in [6, 6.07) is 6.09. The van der Waals surface area contributed by atoms with Gasteiger partial charge in [-0.05, 0) is 31.3 Å². The van der Waals surface area contributed by atoms with Crippen LogP contribution in [0, 0.1) is 0 Å². The monoisotopic (exact) mass is 308 g/mol. The fourth-order valence-electron chi connectivity index (χ4n) is 1.81. The Kier molecular flexibility index (Phi) is 7.21. The molecule has 0 fully saturated rings. The Morgan fingerprint density at radius 3 is 2.35 bits per heavy atom. The van der Waals surface area contributed by atoms with Crippen LogP contribution in [0.15, 0.2) is 29.2 Å². The molecule has 0 saturated carbocycles. The molecule has 20 heavy (non-hydrogen) atoms. The van der Waals surface area contributed by atoms with Crippen molar-refractivity contribution in [3.63, 3.8) is 0 Å². The van der Waals surface area contributed by atoms with Gasteiger partial charge < -0.3 is 8.98 Å². The predicted molar refractivity (Wildman–Crippen MR) is 72.4 cm³/mol. The summed E-state index contributed by atoms with van der Waals surface area (Å²) in [4.78, 5) is 11.5. The maximum Gasteiger partial charge on any atom is 1.00 e. The van der Waals surface area contributed by atoms with E-state index in [-0.39, 0.29) is 24.4 Å². The van der Waals surface area contributed by atoms with E-state index in [1.165, 1.54) is 18.2 Å². The molecule has 0 amide bonds. The van der Waals surface area contributed by atoms with E-state index in [4.69, 9.17) is 4.43 Å². The van der Waals surface area contributed by atoms with E-state index < -0.39 is 29.3 Å². The number of hydrogen-bond acceptors (Lipinski definition) is 5. The van der Waals surface area contributed by atoms with Crippen LogP contribution in [0.3, 0.4) is 0 Å². The van der Waals surface area contributed by atoms with Gasteiger partial charge in [0.2, 0.25) is 8.32 Å². The Hall–Kier alpha value is -0.586. The van der Waals surface area contributed by atoms with Crippen LogP contribution >= 0.6 is 0 Å². The zero-order chi connectivity index (χ0) is 14.7. The van der Waals surface area contributed by atoms with E-state index in [2.05, 4.69) is 0 Å². The molecular weight excluding hydrogens is 291 g/mol. The smallest absolute Gasteiger partial charge is 0.744 e. The molecule has 0 radical (unpaired) electrons. The minimum Gasteiger partial charge on any atom is -0.744 e. The molecule has 0 N–H and O–H groups in total. The number of benzene rings is 1. The topological polar surface area (TPSA) is 83.5 Å². The molecular formula is C12H17LiO5SSi. The first-order chi connectivity index (χ1) is 8.67. The molecule has 1 rings (SSSR count). The first-order valence-electron chi connectivity index (χ1n) is 5.95. The third kappa shape index (κ3) is 5.42. The van der Waals surface area contributed by atoms with Crippen molar-refractivity contribution in [1.29, 1.82) is 0 Å². The van der Waals surface area contributed by atoms with Crippen LogP contribution in [0.4, 0.5) is 0 Å². The van der Waals surface area contributed by atoms with Crippen LogP contribution < -0.4 is 18.9 Å². The second-order valence-electron chi connectivity index (χ2n) is 4.85. The van der Waals surface area contributed by atoms with Crippen molar-refractivity contribution < 1.29 is 41.1 Å². The van der Waals surface area contributed by atoms with Crippen molar-refractivity contribution in [2.24, 2.45) is 0 Å². The van der Waals surface area contributed by atoms with Crippen molar-refractivity contribution >= 4 is 24.4 Å². The van der Waals surface area contributed by atoms with Gasteiger partial charge in [0, 0.05) is 0 Å². The van der Waals surface area contributed by atoms with Crippen LogP contribution in [-0.2, 0) is 14.5 Å². The molecule has 106 valence electrons. The molecule has 5 nitrogen and oxygen atoms in total. The fourth-order valence-corrected chi connectivity index (χ4v) is 4.40. The average molecular weight is 308 g/mol. The molecule has 1 aromatic rings. The molecule has 0 aliphatic carbocycles. The summed E-state index contributed by atoms with van der Waals surface area (Å²) >= 11 is 0. The Labute approximate surface area is 132 Å². The Balaban J connectivity index is 0.00000361. The quantitative estimate of drug-likeness (QED) is 0.534. The van der Waals surface area contributed by atoms with Gasteiger partial charge in [-0.1, -0.05) is 25.5 Å². The molecule has 0 unspecified atom stereocenters. The van der Waals surface area contributed by atoms with E-state index in [0.29, 0.717) is 0 Å². The van der Waals surface area contributed by atoms with Gasteiger partial charge in [0.15, 0.2) is 0 Å². The minimum atomic E-state index is -4.68. The molecule has 8 heteroatoms. The molecule has 1 aromatic carbocycles. The van der Waals surface area contributed by atoms with Crippen LogP contribution in [0.2, 0.25) is 19.1 Å². The number of rotatable bonds is 5. The number of hydrogen-bond donors (Lipinski definition) is 0. The molecule has 0 aliphatic rings. The van der Waals surface area contributed by atoms with Gasteiger partial charge in [0.05, 0.1) is 10.5 Å². The standard InChI is InChI=1S/C12H18O5SSi.Li/c1-4-9-19(2,3)17-12(13)10-7-5-6-8-11(10)18(14,15)16;/h5-8H,4,9H2,1-3H3,(H,14,15,16);/q;+1/p-1. The first kappa shape index (κ1) is 19.4. The van der Waals surface area contributed by atoms with Gasteiger partial charge in [-0.15, -0.1) is 0 Å². The van der Waals surface area contributed by atoms with Crippen LogP contribution in [-0.4, -0.2) is 27.3 Å². The van der Waals surface area contributed by atoms with Crippen molar-refractivity contribution in [3.05, 3.63) is 29.8 Å². The van der Waals surface area contributed by atoms with Gasteiger partial charge in [-0.25, -0.2) is 13.2 Å². The number of carbonyl (C=O) groups excluding carboxylic acids is 1. The van der Waals surface area contributed by atoms with E-state index in [9.17, 15) is 17.8 Å². The summed E-state index contributed by atoms with van der Waals surface area (Å²) in [5.41, 5.74) is -0.186. The zero-order valence-electron chi connectivity index (χ0n) is 12.2. The van der Waals surface area contributed by atoms with E-state index in [1.807, 2.05) is 20.0 Å². The van der Waals surface area contributed by atoms with Gasteiger partial charge in [-0.2, -0.15) is 0 Å². The van der Waals surface area contributed by atoms with Crippen molar-refractivity contribution in [3.8, 4) is 0 Å². The molecule has 0 aromatic heterocycles. The van der Waals surface area contributed by atoms with Crippen molar-refractivity contribution in [2.75, 3.05) is 0 Å². The molecule has 0 saturated heterocycles. The Bertz CT molecular complexity index is 571. The molecule has 0 bridgehead atoms. The SMILES string of the molecule is CCC[Si](C)(C)OC(=O)c1ccccc1S(=O)(=O)[O-].[Li+].